The second-order valence-electron chi connectivity index (χ2n) is 4.60. The van der Waals surface area contributed by atoms with Crippen LogP contribution in [0.25, 0.3) is 0 Å². The average Bonchev–Trinajstić information content (AvgIpc) is 2.15. The van der Waals surface area contributed by atoms with Crippen LogP contribution in [0.2, 0.25) is 0 Å². The molecule has 1 aromatic rings. The molecule has 0 saturated heterocycles. The van der Waals surface area contributed by atoms with E-state index in [0.717, 1.165) is 4.90 Å². The van der Waals surface area contributed by atoms with Crippen molar-refractivity contribution in [1.29, 1.82) is 0 Å². The Hall–Kier alpha value is -1.00. The van der Waals surface area contributed by atoms with Gasteiger partial charge in [0.2, 0.25) is 0 Å². The van der Waals surface area contributed by atoms with E-state index in [1.807, 2.05) is 12.1 Å². The minimum absolute atomic E-state index is 0.149. The lowest BCUT2D eigenvalue weighted by molar-refractivity contribution is -0.138. The summed E-state index contributed by atoms with van der Waals surface area (Å²) in [5, 5.41) is 8.76. The smallest absolute Gasteiger partial charge is 0.325 e. The highest BCUT2D eigenvalue weighted by Crippen LogP contribution is 2.32. The Morgan fingerprint density at radius 2 is 1.81 bits per heavy atom. The first-order valence-corrected chi connectivity index (χ1v) is 5.88. The van der Waals surface area contributed by atoms with Gasteiger partial charge in [-0.05, 0) is 17.7 Å². The van der Waals surface area contributed by atoms with Crippen molar-refractivity contribution in [2.45, 2.75) is 36.5 Å². The van der Waals surface area contributed by atoms with Gasteiger partial charge in [-0.25, -0.2) is 0 Å². The van der Waals surface area contributed by atoms with Crippen molar-refractivity contribution in [2.24, 2.45) is 5.73 Å². The molecule has 4 heteroatoms. The van der Waals surface area contributed by atoms with Crippen LogP contribution < -0.4 is 5.73 Å². The van der Waals surface area contributed by atoms with Gasteiger partial charge < -0.3 is 10.8 Å². The van der Waals surface area contributed by atoms with Crippen LogP contribution in [0.1, 0.15) is 32.4 Å². The third-order valence-electron chi connectivity index (χ3n) is 1.93. The Morgan fingerprint density at radius 1 is 1.31 bits per heavy atom. The maximum atomic E-state index is 10.7. The predicted octanol–water partition coefficient (Wildman–Crippen LogP) is 2.66. The van der Waals surface area contributed by atoms with Gasteiger partial charge in [0.15, 0.2) is 0 Å². The van der Waals surface area contributed by atoms with Crippen LogP contribution in [-0.2, 0) is 4.79 Å². The van der Waals surface area contributed by atoms with E-state index in [4.69, 9.17) is 10.8 Å². The summed E-state index contributed by atoms with van der Waals surface area (Å²) in [5.41, 5.74) is 6.14. The molecule has 88 valence electrons. The van der Waals surface area contributed by atoms with E-state index >= 15 is 0 Å². The summed E-state index contributed by atoms with van der Waals surface area (Å²) in [6.45, 7) is 6.40. The van der Waals surface area contributed by atoms with Crippen molar-refractivity contribution in [1.82, 2.24) is 0 Å². The van der Waals surface area contributed by atoms with Crippen LogP contribution in [0, 0.1) is 0 Å². The molecule has 3 N–H and O–H groups in total. The summed E-state index contributed by atoms with van der Waals surface area (Å²) in [4.78, 5) is 11.8. The van der Waals surface area contributed by atoms with Gasteiger partial charge in [-0.1, -0.05) is 32.9 Å². The number of hydrogen-bond donors (Lipinski definition) is 2. The standard InChI is InChI=1S/C12H17NO2S/c1-12(2,3)16-9-6-4-8(5-7-9)10(13)11(14)15/h4-7,10H,13H2,1-3H3,(H,14,15). The molecule has 3 nitrogen and oxygen atoms in total. The first-order chi connectivity index (χ1) is 7.29. The number of rotatable bonds is 3. The molecule has 0 aliphatic rings. The van der Waals surface area contributed by atoms with E-state index in [9.17, 15) is 4.79 Å². The van der Waals surface area contributed by atoms with Gasteiger partial charge in [0.1, 0.15) is 6.04 Å². The molecule has 16 heavy (non-hydrogen) atoms. The average molecular weight is 239 g/mol. The third-order valence-corrected chi connectivity index (χ3v) is 3.05. The predicted molar refractivity (Wildman–Crippen MR) is 66.6 cm³/mol. The number of carbonyl (C=O) groups is 1. The Bertz CT molecular complexity index is 368. The monoisotopic (exact) mass is 239 g/mol. The lowest BCUT2D eigenvalue weighted by atomic mass is 10.1. The molecule has 0 heterocycles. The zero-order valence-electron chi connectivity index (χ0n) is 9.73. The third kappa shape index (κ3) is 3.87. The van der Waals surface area contributed by atoms with Crippen LogP contribution in [0.15, 0.2) is 29.2 Å². The maximum absolute atomic E-state index is 10.7. The molecule has 0 saturated carbocycles. The minimum atomic E-state index is -1.00. The van der Waals surface area contributed by atoms with E-state index in [2.05, 4.69) is 20.8 Å². The molecular formula is C12H17NO2S. The molecule has 0 spiro atoms. The van der Waals surface area contributed by atoms with Crippen molar-refractivity contribution < 1.29 is 9.90 Å². The SMILES string of the molecule is CC(C)(C)Sc1ccc(C(N)C(=O)O)cc1. The van der Waals surface area contributed by atoms with Crippen LogP contribution in [0.4, 0.5) is 0 Å². The molecule has 0 radical (unpaired) electrons. The highest BCUT2D eigenvalue weighted by Gasteiger charge is 2.15. The lowest BCUT2D eigenvalue weighted by Gasteiger charge is -2.17. The topological polar surface area (TPSA) is 63.3 Å². The van der Waals surface area contributed by atoms with Crippen LogP contribution >= 0.6 is 11.8 Å². The first kappa shape index (κ1) is 13.1. The van der Waals surface area contributed by atoms with Crippen molar-refractivity contribution in [3.8, 4) is 0 Å². The summed E-state index contributed by atoms with van der Waals surface area (Å²) in [5.74, 6) is -1.00. The molecule has 0 amide bonds. The van der Waals surface area contributed by atoms with Gasteiger partial charge >= 0.3 is 5.97 Å². The summed E-state index contributed by atoms with van der Waals surface area (Å²) in [6.07, 6.45) is 0. The minimum Gasteiger partial charge on any atom is -0.480 e. The van der Waals surface area contributed by atoms with Crippen LogP contribution in [-0.4, -0.2) is 15.8 Å². The van der Waals surface area contributed by atoms with Crippen LogP contribution in [0.5, 0.6) is 0 Å². The van der Waals surface area contributed by atoms with Crippen molar-refractivity contribution >= 4 is 17.7 Å². The maximum Gasteiger partial charge on any atom is 0.325 e. The zero-order chi connectivity index (χ0) is 12.3. The Kier molecular flexibility index (Phi) is 3.99. The Labute approximate surface area is 100 Å². The van der Waals surface area contributed by atoms with Gasteiger partial charge in [0, 0.05) is 9.64 Å². The number of benzene rings is 1. The molecule has 1 atom stereocenters. The van der Waals surface area contributed by atoms with Gasteiger partial charge in [-0.15, -0.1) is 11.8 Å². The lowest BCUT2D eigenvalue weighted by Crippen LogP contribution is -2.20. The normalized spacial score (nSPS) is 13.5. The van der Waals surface area contributed by atoms with E-state index in [-0.39, 0.29) is 4.75 Å². The van der Waals surface area contributed by atoms with Gasteiger partial charge in [-0.2, -0.15) is 0 Å². The number of carboxylic acids is 1. The van der Waals surface area contributed by atoms with Gasteiger partial charge in [0.25, 0.3) is 0 Å². The van der Waals surface area contributed by atoms with Gasteiger partial charge in [-0.3, -0.25) is 4.79 Å². The molecule has 1 unspecified atom stereocenters. The molecule has 0 aliphatic carbocycles. The summed E-state index contributed by atoms with van der Waals surface area (Å²) in [6, 6.07) is 6.43. The molecule has 1 aromatic carbocycles. The number of thioether (sulfide) groups is 1. The first-order valence-electron chi connectivity index (χ1n) is 5.07. The van der Waals surface area contributed by atoms with Crippen molar-refractivity contribution in [3.05, 3.63) is 29.8 Å². The largest absolute Gasteiger partial charge is 0.480 e. The molecule has 0 bridgehead atoms. The molecule has 0 aromatic heterocycles. The molecular weight excluding hydrogens is 222 g/mol. The second kappa shape index (κ2) is 4.89. The fourth-order valence-electron chi connectivity index (χ4n) is 1.24. The van der Waals surface area contributed by atoms with Crippen LogP contribution in [0.3, 0.4) is 0 Å². The highest BCUT2D eigenvalue weighted by atomic mass is 32.2. The molecule has 0 fully saturated rings. The van der Waals surface area contributed by atoms with E-state index in [1.54, 1.807) is 23.9 Å². The fourth-order valence-corrected chi connectivity index (χ4v) is 2.22. The van der Waals surface area contributed by atoms with E-state index < -0.39 is 12.0 Å². The molecule has 0 aliphatic heterocycles. The number of aliphatic carboxylic acids is 1. The number of carboxylic acid groups (broad SMARTS) is 1. The molecule has 1 rings (SSSR count). The number of hydrogen-bond acceptors (Lipinski definition) is 3. The quantitative estimate of drug-likeness (QED) is 0.796. The van der Waals surface area contributed by atoms with E-state index in [0.29, 0.717) is 5.56 Å². The Balaban J connectivity index is 2.79. The van der Waals surface area contributed by atoms with E-state index in [1.165, 1.54) is 0 Å². The summed E-state index contributed by atoms with van der Waals surface area (Å²) >= 11 is 1.74. The Morgan fingerprint density at radius 3 is 2.19 bits per heavy atom. The fraction of sp³-hybridized carbons (Fsp3) is 0.417. The summed E-state index contributed by atoms with van der Waals surface area (Å²) < 4.78 is 0.149. The summed E-state index contributed by atoms with van der Waals surface area (Å²) in [7, 11) is 0. The number of nitrogens with two attached hydrogens (primary N) is 1. The highest BCUT2D eigenvalue weighted by molar-refractivity contribution is 8.00. The van der Waals surface area contributed by atoms with Crippen molar-refractivity contribution in [3.63, 3.8) is 0 Å². The second-order valence-corrected chi connectivity index (χ2v) is 6.50. The zero-order valence-corrected chi connectivity index (χ0v) is 10.5. The van der Waals surface area contributed by atoms with Crippen molar-refractivity contribution in [2.75, 3.05) is 0 Å². The van der Waals surface area contributed by atoms with Gasteiger partial charge in [0.05, 0.1) is 0 Å².